The van der Waals surface area contributed by atoms with Gasteiger partial charge in [-0.1, -0.05) is 30.3 Å². The number of rotatable bonds is 0. The van der Waals surface area contributed by atoms with Gasteiger partial charge in [0, 0.05) is 6.21 Å². The van der Waals surface area contributed by atoms with Crippen molar-refractivity contribution in [2.75, 3.05) is 0 Å². The Morgan fingerprint density at radius 1 is 1.05 bits per heavy atom. The number of hydrogen-bond acceptors (Lipinski definition) is 1. The Morgan fingerprint density at radius 2 is 1.90 bits per heavy atom. The standard InChI is InChI=1S/C19H19N/c1-13-9-10-15-6-5-11-19(18(15)14(13)2)12-20-17-8-4-3-7-16(17)19/h3-4,7-10,12H,5-6,11H2,1-2H3. The van der Waals surface area contributed by atoms with Crippen LogP contribution in [-0.2, 0) is 11.8 Å². The fourth-order valence-electron chi connectivity index (χ4n) is 4.00. The maximum atomic E-state index is 4.72. The fraction of sp³-hybridized carbons (Fsp3) is 0.316. The molecule has 0 saturated carbocycles. The van der Waals surface area contributed by atoms with Crippen LogP contribution >= 0.6 is 0 Å². The van der Waals surface area contributed by atoms with Crippen molar-refractivity contribution in [2.24, 2.45) is 4.99 Å². The first-order valence-electron chi connectivity index (χ1n) is 7.47. The second-order valence-corrected chi connectivity index (χ2v) is 6.14. The van der Waals surface area contributed by atoms with Crippen LogP contribution in [0.25, 0.3) is 0 Å². The van der Waals surface area contributed by atoms with Crippen LogP contribution in [0.15, 0.2) is 41.4 Å². The van der Waals surface area contributed by atoms with E-state index in [9.17, 15) is 0 Å². The first kappa shape index (κ1) is 11.9. The molecule has 0 bridgehead atoms. The normalized spacial score (nSPS) is 22.9. The molecule has 1 heterocycles. The highest BCUT2D eigenvalue weighted by molar-refractivity contribution is 5.90. The van der Waals surface area contributed by atoms with E-state index in [0.717, 1.165) is 5.69 Å². The van der Waals surface area contributed by atoms with E-state index in [1.807, 2.05) is 0 Å². The minimum Gasteiger partial charge on any atom is -0.260 e. The molecular formula is C19H19N. The first-order valence-corrected chi connectivity index (χ1v) is 7.47. The average Bonchev–Trinajstić information content (AvgIpc) is 2.83. The second kappa shape index (κ2) is 4.05. The second-order valence-electron chi connectivity index (χ2n) is 6.14. The van der Waals surface area contributed by atoms with Crippen LogP contribution < -0.4 is 0 Å². The number of benzene rings is 2. The minimum absolute atomic E-state index is 0.0281. The summed E-state index contributed by atoms with van der Waals surface area (Å²) in [6.07, 6.45) is 5.84. The van der Waals surface area contributed by atoms with Crippen molar-refractivity contribution in [3.8, 4) is 0 Å². The Morgan fingerprint density at radius 3 is 2.80 bits per heavy atom. The molecule has 1 nitrogen and oxygen atoms in total. The Kier molecular flexibility index (Phi) is 2.41. The molecule has 1 heteroatoms. The van der Waals surface area contributed by atoms with Gasteiger partial charge in [-0.15, -0.1) is 0 Å². The van der Waals surface area contributed by atoms with Crippen molar-refractivity contribution < 1.29 is 0 Å². The van der Waals surface area contributed by atoms with E-state index in [1.54, 1.807) is 0 Å². The van der Waals surface area contributed by atoms with Gasteiger partial charge in [0.2, 0.25) is 0 Å². The number of nitrogens with zero attached hydrogens (tertiary/aromatic N) is 1. The van der Waals surface area contributed by atoms with Crippen molar-refractivity contribution in [1.29, 1.82) is 0 Å². The van der Waals surface area contributed by atoms with Gasteiger partial charge in [-0.3, -0.25) is 4.99 Å². The molecule has 100 valence electrons. The molecule has 1 unspecified atom stereocenters. The molecular weight excluding hydrogens is 242 g/mol. The van der Waals surface area contributed by atoms with Crippen LogP contribution in [0.4, 0.5) is 5.69 Å². The van der Waals surface area contributed by atoms with Crippen LogP contribution in [0, 0.1) is 13.8 Å². The maximum absolute atomic E-state index is 4.72. The number of aliphatic imine (C=N–C) groups is 1. The molecule has 20 heavy (non-hydrogen) atoms. The van der Waals surface area contributed by atoms with Gasteiger partial charge in [-0.05, 0) is 67.0 Å². The Bertz CT molecular complexity index is 727. The molecule has 0 N–H and O–H groups in total. The lowest BCUT2D eigenvalue weighted by Gasteiger charge is -2.36. The highest BCUT2D eigenvalue weighted by atomic mass is 14.8. The molecule has 1 atom stereocenters. The Balaban J connectivity index is 2.05. The predicted molar refractivity (Wildman–Crippen MR) is 84.2 cm³/mol. The lowest BCUT2D eigenvalue weighted by molar-refractivity contribution is 0.553. The zero-order valence-electron chi connectivity index (χ0n) is 12.1. The minimum atomic E-state index is 0.0281. The summed E-state index contributed by atoms with van der Waals surface area (Å²) in [6.45, 7) is 4.49. The highest BCUT2D eigenvalue weighted by Gasteiger charge is 2.42. The third-order valence-corrected chi connectivity index (χ3v) is 5.09. The maximum Gasteiger partial charge on any atom is 0.0671 e. The quantitative estimate of drug-likeness (QED) is 0.655. The zero-order valence-corrected chi connectivity index (χ0v) is 12.1. The molecule has 0 fully saturated rings. The van der Waals surface area contributed by atoms with Crippen LogP contribution in [-0.4, -0.2) is 6.21 Å². The Hall–Kier alpha value is -1.89. The molecule has 0 aromatic heterocycles. The van der Waals surface area contributed by atoms with E-state index in [2.05, 4.69) is 56.5 Å². The predicted octanol–water partition coefficient (Wildman–Crippen LogP) is 4.64. The summed E-state index contributed by atoms with van der Waals surface area (Å²) in [5, 5.41) is 0. The topological polar surface area (TPSA) is 12.4 Å². The summed E-state index contributed by atoms with van der Waals surface area (Å²) in [4.78, 5) is 4.72. The third kappa shape index (κ3) is 1.41. The number of hydrogen-bond donors (Lipinski definition) is 0. The van der Waals surface area contributed by atoms with E-state index in [-0.39, 0.29) is 5.41 Å². The molecule has 0 amide bonds. The van der Waals surface area contributed by atoms with E-state index in [0.29, 0.717) is 0 Å². The lowest BCUT2D eigenvalue weighted by Crippen LogP contribution is -2.33. The smallest absolute Gasteiger partial charge is 0.0671 e. The number of para-hydroxylation sites is 1. The van der Waals surface area contributed by atoms with Crippen molar-refractivity contribution in [1.82, 2.24) is 0 Å². The Labute approximate surface area is 120 Å². The van der Waals surface area contributed by atoms with Crippen LogP contribution in [0.1, 0.15) is 40.7 Å². The molecule has 1 aliphatic carbocycles. The first-order chi connectivity index (χ1) is 9.72. The third-order valence-electron chi connectivity index (χ3n) is 5.09. The number of aryl methyl sites for hydroxylation is 2. The number of fused-ring (bicyclic) bond motifs is 4. The highest BCUT2D eigenvalue weighted by Crippen LogP contribution is 2.49. The van der Waals surface area contributed by atoms with Crippen molar-refractivity contribution in [3.05, 3.63) is 64.2 Å². The molecule has 2 aliphatic rings. The molecule has 0 saturated heterocycles. The summed E-state index contributed by atoms with van der Waals surface area (Å²) in [5.41, 5.74) is 8.46. The summed E-state index contributed by atoms with van der Waals surface area (Å²) in [5.74, 6) is 0. The van der Waals surface area contributed by atoms with Crippen molar-refractivity contribution in [3.63, 3.8) is 0 Å². The fourth-order valence-corrected chi connectivity index (χ4v) is 4.00. The SMILES string of the molecule is Cc1ccc2c(c1C)C1(C=Nc3ccccc31)CCC2. The molecule has 2 aromatic carbocycles. The van der Waals surface area contributed by atoms with Gasteiger partial charge >= 0.3 is 0 Å². The van der Waals surface area contributed by atoms with Gasteiger partial charge in [0.1, 0.15) is 0 Å². The molecule has 1 aliphatic heterocycles. The molecule has 0 radical (unpaired) electrons. The van der Waals surface area contributed by atoms with Crippen LogP contribution in [0.2, 0.25) is 0 Å². The van der Waals surface area contributed by atoms with Gasteiger partial charge in [0.15, 0.2) is 0 Å². The summed E-state index contributed by atoms with van der Waals surface area (Å²) >= 11 is 0. The van der Waals surface area contributed by atoms with E-state index >= 15 is 0 Å². The molecule has 1 spiro atoms. The van der Waals surface area contributed by atoms with Gasteiger partial charge < -0.3 is 0 Å². The summed E-state index contributed by atoms with van der Waals surface area (Å²) < 4.78 is 0. The molecule has 2 aromatic rings. The van der Waals surface area contributed by atoms with Crippen molar-refractivity contribution in [2.45, 2.75) is 38.5 Å². The summed E-state index contributed by atoms with van der Waals surface area (Å²) in [7, 11) is 0. The van der Waals surface area contributed by atoms with Gasteiger partial charge in [0.25, 0.3) is 0 Å². The zero-order chi connectivity index (χ0) is 13.7. The van der Waals surface area contributed by atoms with E-state index in [1.165, 1.54) is 47.1 Å². The van der Waals surface area contributed by atoms with Gasteiger partial charge in [-0.25, -0.2) is 0 Å². The van der Waals surface area contributed by atoms with Gasteiger partial charge in [-0.2, -0.15) is 0 Å². The van der Waals surface area contributed by atoms with Crippen LogP contribution in [0.5, 0.6) is 0 Å². The lowest BCUT2D eigenvalue weighted by atomic mass is 9.65. The summed E-state index contributed by atoms with van der Waals surface area (Å²) in [6, 6.07) is 13.2. The monoisotopic (exact) mass is 261 g/mol. The van der Waals surface area contributed by atoms with E-state index < -0.39 is 0 Å². The molecule has 4 rings (SSSR count). The average molecular weight is 261 g/mol. The van der Waals surface area contributed by atoms with Crippen LogP contribution in [0.3, 0.4) is 0 Å². The largest absolute Gasteiger partial charge is 0.260 e. The van der Waals surface area contributed by atoms with Crippen molar-refractivity contribution >= 4 is 11.9 Å². The van der Waals surface area contributed by atoms with Gasteiger partial charge in [0.05, 0.1) is 11.1 Å². The van der Waals surface area contributed by atoms with E-state index in [4.69, 9.17) is 4.99 Å².